The maximum absolute atomic E-state index is 13.4. The Labute approximate surface area is 170 Å². The fourth-order valence-electron chi connectivity index (χ4n) is 3.63. The third kappa shape index (κ3) is 4.67. The summed E-state index contributed by atoms with van der Waals surface area (Å²) < 4.78 is 19.2. The Bertz CT molecular complexity index is 1000. The van der Waals surface area contributed by atoms with Crippen molar-refractivity contribution in [2.45, 2.75) is 38.2 Å². The number of aromatic nitrogens is 2. The summed E-state index contributed by atoms with van der Waals surface area (Å²) in [5, 5.41) is 9.07. The molecule has 2 heterocycles. The number of nitrogens with zero attached hydrogens (tertiary/aromatic N) is 3. The van der Waals surface area contributed by atoms with Crippen molar-refractivity contribution in [3.63, 3.8) is 0 Å². The summed E-state index contributed by atoms with van der Waals surface area (Å²) in [4.78, 5) is 9.41. The van der Waals surface area contributed by atoms with Crippen molar-refractivity contribution in [1.82, 2.24) is 9.97 Å². The van der Waals surface area contributed by atoms with Crippen molar-refractivity contribution in [2.75, 3.05) is 6.61 Å². The number of hydrogen-bond donors (Lipinski definition) is 0. The van der Waals surface area contributed by atoms with E-state index in [1.54, 1.807) is 24.3 Å². The van der Waals surface area contributed by atoms with Crippen molar-refractivity contribution in [2.24, 2.45) is 0 Å². The van der Waals surface area contributed by atoms with Gasteiger partial charge in [-0.15, -0.1) is 0 Å². The van der Waals surface area contributed by atoms with Gasteiger partial charge in [0.25, 0.3) is 0 Å². The van der Waals surface area contributed by atoms with Crippen molar-refractivity contribution in [3.8, 4) is 28.5 Å². The second-order valence-electron chi connectivity index (χ2n) is 7.27. The molecule has 2 aromatic carbocycles. The molecular formula is C24H22FN3O. The number of hydrogen-bond acceptors (Lipinski definition) is 4. The third-order valence-electron chi connectivity index (χ3n) is 5.25. The second kappa shape index (κ2) is 8.93. The summed E-state index contributed by atoms with van der Waals surface area (Å²) in [5.74, 6) is 0.489. The molecule has 3 aromatic rings. The van der Waals surface area contributed by atoms with Gasteiger partial charge in [0, 0.05) is 30.4 Å². The Morgan fingerprint density at radius 2 is 1.79 bits per heavy atom. The predicted octanol–water partition coefficient (Wildman–Crippen LogP) is 5.32. The van der Waals surface area contributed by atoms with Gasteiger partial charge in [-0.1, -0.05) is 24.3 Å². The van der Waals surface area contributed by atoms with Crippen LogP contribution >= 0.6 is 0 Å². The highest BCUT2D eigenvalue weighted by molar-refractivity contribution is 5.80. The van der Waals surface area contributed by atoms with E-state index in [1.807, 2.05) is 18.3 Å². The van der Waals surface area contributed by atoms with E-state index < -0.39 is 0 Å². The van der Waals surface area contributed by atoms with Gasteiger partial charge in [0.2, 0.25) is 0 Å². The molecule has 1 saturated heterocycles. The molecule has 29 heavy (non-hydrogen) atoms. The molecule has 1 unspecified atom stereocenters. The van der Waals surface area contributed by atoms with Gasteiger partial charge < -0.3 is 4.74 Å². The third-order valence-corrected chi connectivity index (χ3v) is 5.25. The molecule has 0 amide bonds. The number of aryl methyl sites for hydroxylation is 1. The molecule has 146 valence electrons. The van der Waals surface area contributed by atoms with Crippen LogP contribution in [0.3, 0.4) is 0 Å². The molecule has 1 aliphatic rings. The quantitative estimate of drug-likeness (QED) is 0.594. The monoisotopic (exact) mass is 387 g/mol. The van der Waals surface area contributed by atoms with Gasteiger partial charge in [-0.2, -0.15) is 5.26 Å². The Morgan fingerprint density at radius 1 is 1.03 bits per heavy atom. The first-order chi connectivity index (χ1) is 14.2. The molecule has 5 heteroatoms. The van der Waals surface area contributed by atoms with Crippen LogP contribution in [0.1, 0.15) is 37.1 Å². The number of nitriles is 1. The summed E-state index contributed by atoms with van der Waals surface area (Å²) in [5.41, 5.74) is 3.98. The molecular weight excluding hydrogens is 365 g/mol. The maximum Gasteiger partial charge on any atom is 0.129 e. The van der Waals surface area contributed by atoms with Crippen LogP contribution < -0.4 is 0 Å². The zero-order chi connectivity index (χ0) is 20.1. The SMILES string of the molecule is N#Cc1ccc(-c2nc(CCC3CCCCO3)ncc2-c2ccc(F)cc2)cc1. The summed E-state index contributed by atoms with van der Waals surface area (Å²) in [6.45, 7) is 0.839. The lowest BCUT2D eigenvalue weighted by molar-refractivity contribution is 0.0112. The van der Waals surface area contributed by atoms with Gasteiger partial charge in [-0.25, -0.2) is 14.4 Å². The highest BCUT2D eigenvalue weighted by Gasteiger charge is 2.16. The van der Waals surface area contributed by atoms with Crippen molar-refractivity contribution in [3.05, 3.63) is 71.9 Å². The molecule has 0 N–H and O–H groups in total. The highest BCUT2D eigenvalue weighted by atomic mass is 19.1. The van der Waals surface area contributed by atoms with E-state index in [1.165, 1.54) is 18.6 Å². The first-order valence-electron chi connectivity index (χ1n) is 9.97. The van der Waals surface area contributed by atoms with Crippen LogP contribution in [0.25, 0.3) is 22.4 Å². The minimum Gasteiger partial charge on any atom is -0.378 e. The zero-order valence-corrected chi connectivity index (χ0v) is 16.1. The highest BCUT2D eigenvalue weighted by Crippen LogP contribution is 2.31. The molecule has 0 bridgehead atoms. The lowest BCUT2D eigenvalue weighted by atomic mass is 9.99. The second-order valence-corrected chi connectivity index (χ2v) is 7.27. The van der Waals surface area contributed by atoms with Crippen LogP contribution in [-0.4, -0.2) is 22.7 Å². The molecule has 1 atom stereocenters. The van der Waals surface area contributed by atoms with Gasteiger partial charge in [0.1, 0.15) is 11.6 Å². The molecule has 0 aliphatic carbocycles. The fourth-order valence-corrected chi connectivity index (χ4v) is 3.63. The van der Waals surface area contributed by atoms with Crippen molar-refractivity contribution < 1.29 is 9.13 Å². The lowest BCUT2D eigenvalue weighted by Gasteiger charge is -2.22. The Morgan fingerprint density at radius 3 is 2.48 bits per heavy atom. The van der Waals surface area contributed by atoms with Gasteiger partial charge in [0.15, 0.2) is 0 Å². The first kappa shape index (κ1) is 19.2. The van der Waals surface area contributed by atoms with Crippen LogP contribution in [0, 0.1) is 17.1 Å². The molecule has 0 saturated carbocycles. The molecule has 0 radical (unpaired) electrons. The zero-order valence-electron chi connectivity index (χ0n) is 16.1. The summed E-state index contributed by atoms with van der Waals surface area (Å²) in [6, 6.07) is 15.8. The minimum absolute atomic E-state index is 0.279. The van der Waals surface area contributed by atoms with Crippen LogP contribution in [0.5, 0.6) is 0 Å². The van der Waals surface area contributed by atoms with Crippen LogP contribution in [-0.2, 0) is 11.2 Å². The fraction of sp³-hybridized carbons (Fsp3) is 0.292. The maximum atomic E-state index is 13.4. The van der Waals surface area contributed by atoms with Gasteiger partial charge in [0.05, 0.1) is 23.4 Å². The van der Waals surface area contributed by atoms with Crippen molar-refractivity contribution in [1.29, 1.82) is 5.26 Å². The van der Waals surface area contributed by atoms with E-state index in [4.69, 9.17) is 15.0 Å². The topological polar surface area (TPSA) is 58.8 Å². The number of rotatable bonds is 5. The number of benzene rings is 2. The van der Waals surface area contributed by atoms with Gasteiger partial charge in [-0.3, -0.25) is 0 Å². The van der Waals surface area contributed by atoms with Crippen LogP contribution in [0.4, 0.5) is 4.39 Å². The standard InChI is InChI=1S/C24H22FN3O/c25-20-10-8-18(9-11-20)22-16-27-23(13-12-21-3-1-2-14-29-21)28-24(22)19-6-4-17(15-26)5-7-19/h4-11,16,21H,1-3,12-14H2. The normalized spacial score (nSPS) is 16.3. The van der Waals surface area contributed by atoms with Crippen LogP contribution in [0.15, 0.2) is 54.7 Å². The largest absolute Gasteiger partial charge is 0.378 e. The minimum atomic E-state index is -0.279. The van der Waals surface area contributed by atoms with Gasteiger partial charge >= 0.3 is 0 Å². The van der Waals surface area contributed by atoms with Gasteiger partial charge in [-0.05, 0) is 55.5 Å². The van der Waals surface area contributed by atoms with E-state index in [2.05, 4.69) is 11.1 Å². The summed E-state index contributed by atoms with van der Waals surface area (Å²) in [6.07, 6.45) is 7.19. The van der Waals surface area contributed by atoms with E-state index in [-0.39, 0.29) is 11.9 Å². The Balaban J connectivity index is 1.66. The average molecular weight is 387 g/mol. The van der Waals surface area contributed by atoms with E-state index in [0.29, 0.717) is 5.56 Å². The van der Waals surface area contributed by atoms with E-state index in [9.17, 15) is 4.39 Å². The Hall–Kier alpha value is -3.10. The molecule has 1 fully saturated rings. The molecule has 1 aliphatic heterocycles. The number of halogens is 1. The Kier molecular flexibility index (Phi) is 5.92. The summed E-state index contributed by atoms with van der Waals surface area (Å²) >= 11 is 0. The molecule has 4 rings (SSSR count). The lowest BCUT2D eigenvalue weighted by Crippen LogP contribution is -2.20. The number of ether oxygens (including phenoxy) is 1. The van der Waals surface area contributed by atoms with Crippen LogP contribution in [0.2, 0.25) is 0 Å². The first-order valence-corrected chi connectivity index (χ1v) is 9.97. The molecule has 1 aromatic heterocycles. The molecule has 4 nitrogen and oxygen atoms in total. The molecule has 0 spiro atoms. The summed E-state index contributed by atoms with van der Waals surface area (Å²) in [7, 11) is 0. The van der Waals surface area contributed by atoms with E-state index in [0.717, 1.165) is 60.5 Å². The average Bonchev–Trinajstić information content (AvgIpc) is 2.79. The van der Waals surface area contributed by atoms with Crippen molar-refractivity contribution >= 4 is 0 Å². The predicted molar refractivity (Wildman–Crippen MR) is 109 cm³/mol. The van der Waals surface area contributed by atoms with E-state index >= 15 is 0 Å². The smallest absolute Gasteiger partial charge is 0.129 e.